The van der Waals surface area contributed by atoms with Gasteiger partial charge in [0.25, 0.3) is 5.91 Å². The fraction of sp³-hybridized carbons (Fsp3) is 0.174. The van der Waals surface area contributed by atoms with Crippen molar-refractivity contribution in [1.82, 2.24) is 15.0 Å². The van der Waals surface area contributed by atoms with Gasteiger partial charge in [0.2, 0.25) is 0 Å². The van der Waals surface area contributed by atoms with Gasteiger partial charge in [-0.25, -0.2) is 0 Å². The van der Waals surface area contributed by atoms with E-state index in [1.165, 1.54) is 0 Å². The molecule has 0 aliphatic heterocycles. The van der Waals surface area contributed by atoms with Crippen molar-refractivity contribution in [2.45, 2.75) is 26.9 Å². The van der Waals surface area contributed by atoms with Gasteiger partial charge in [0.1, 0.15) is 16.8 Å². The number of amides is 1. The molecule has 1 amide bonds. The summed E-state index contributed by atoms with van der Waals surface area (Å²) in [5, 5.41) is 12.7. The first kappa shape index (κ1) is 19.9. The third kappa shape index (κ3) is 4.28. The fourth-order valence-electron chi connectivity index (χ4n) is 3.07. The first-order chi connectivity index (χ1) is 14.4. The summed E-state index contributed by atoms with van der Waals surface area (Å²) in [7, 11) is 0. The van der Waals surface area contributed by atoms with E-state index in [-0.39, 0.29) is 12.0 Å². The van der Waals surface area contributed by atoms with Gasteiger partial charge in [-0.05, 0) is 80.9 Å². The van der Waals surface area contributed by atoms with Gasteiger partial charge in [-0.3, -0.25) is 4.79 Å². The van der Waals surface area contributed by atoms with Gasteiger partial charge in [-0.1, -0.05) is 17.7 Å². The Hall–Kier alpha value is -3.38. The monoisotopic (exact) mass is 420 g/mol. The summed E-state index contributed by atoms with van der Waals surface area (Å²) in [6.45, 7) is 5.82. The van der Waals surface area contributed by atoms with E-state index in [9.17, 15) is 4.79 Å². The molecule has 0 spiro atoms. The molecule has 6 nitrogen and oxygen atoms in total. The lowest BCUT2D eigenvalue weighted by Gasteiger charge is -2.12. The van der Waals surface area contributed by atoms with Gasteiger partial charge in [-0.15, -0.1) is 10.2 Å². The number of halogens is 1. The predicted octanol–water partition coefficient (Wildman–Crippen LogP) is 5.42. The highest BCUT2D eigenvalue weighted by atomic mass is 35.5. The number of carbonyl (C=O) groups is 1. The van der Waals surface area contributed by atoms with Crippen molar-refractivity contribution in [3.63, 3.8) is 0 Å². The molecular weight excluding hydrogens is 400 g/mol. The molecule has 0 aliphatic rings. The molecule has 3 aromatic carbocycles. The van der Waals surface area contributed by atoms with Crippen LogP contribution >= 0.6 is 11.6 Å². The van der Waals surface area contributed by atoms with Crippen LogP contribution in [-0.2, 0) is 0 Å². The van der Waals surface area contributed by atoms with E-state index in [1.54, 1.807) is 35.1 Å². The van der Waals surface area contributed by atoms with Crippen LogP contribution < -0.4 is 10.1 Å². The number of aromatic nitrogens is 3. The zero-order chi connectivity index (χ0) is 21.3. The van der Waals surface area contributed by atoms with E-state index in [2.05, 4.69) is 15.5 Å². The van der Waals surface area contributed by atoms with Crippen molar-refractivity contribution in [2.24, 2.45) is 0 Å². The zero-order valence-electron chi connectivity index (χ0n) is 16.9. The smallest absolute Gasteiger partial charge is 0.255 e. The topological polar surface area (TPSA) is 69.0 Å². The normalized spacial score (nSPS) is 11.1. The van der Waals surface area contributed by atoms with Crippen LogP contribution in [0.15, 0.2) is 60.7 Å². The number of hydrogen-bond acceptors (Lipinski definition) is 4. The van der Waals surface area contributed by atoms with Crippen molar-refractivity contribution in [2.75, 3.05) is 5.32 Å². The van der Waals surface area contributed by atoms with Crippen LogP contribution in [0.25, 0.3) is 16.7 Å². The fourth-order valence-corrected chi connectivity index (χ4v) is 3.20. The van der Waals surface area contributed by atoms with Crippen LogP contribution in [0.2, 0.25) is 5.02 Å². The summed E-state index contributed by atoms with van der Waals surface area (Å²) in [5.74, 6) is 0.451. The van der Waals surface area contributed by atoms with E-state index in [1.807, 2.05) is 51.1 Å². The van der Waals surface area contributed by atoms with Gasteiger partial charge in [0.05, 0.1) is 11.8 Å². The van der Waals surface area contributed by atoms with Crippen molar-refractivity contribution < 1.29 is 9.53 Å². The van der Waals surface area contributed by atoms with E-state index in [0.29, 0.717) is 27.5 Å². The Morgan fingerprint density at radius 2 is 1.73 bits per heavy atom. The van der Waals surface area contributed by atoms with Gasteiger partial charge < -0.3 is 10.1 Å². The lowest BCUT2D eigenvalue weighted by atomic mass is 10.1. The lowest BCUT2D eigenvalue weighted by Crippen LogP contribution is -2.13. The number of carbonyl (C=O) groups excluding carboxylic acids is 1. The van der Waals surface area contributed by atoms with E-state index >= 15 is 0 Å². The highest BCUT2D eigenvalue weighted by Crippen LogP contribution is 2.24. The van der Waals surface area contributed by atoms with Crippen LogP contribution in [0, 0.1) is 6.92 Å². The van der Waals surface area contributed by atoms with Crippen molar-refractivity contribution in [3.05, 3.63) is 76.8 Å². The molecule has 7 heteroatoms. The van der Waals surface area contributed by atoms with Gasteiger partial charge in [-0.2, -0.15) is 4.80 Å². The molecule has 152 valence electrons. The van der Waals surface area contributed by atoms with Gasteiger partial charge >= 0.3 is 0 Å². The van der Waals surface area contributed by atoms with Crippen molar-refractivity contribution >= 4 is 34.2 Å². The Morgan fingerprint density at radius 3 is 2.43 bits per heavy atom. The van der Waals surface area contributed by atoms with Gasteiger partial charge in [0, 0.05) is 16.3 Å². The summed E-state index contributed by atoms with van der Waals surface area (Å²) in [6.07, 6.45) is 0.0382. The average molecular weight is 421 g/mol. The van der Waals surface area contributed by atoms with E-state index in [4.69, 9.17) is 16.3 Å². The Balaban J connectivity index is 1.60. The van der Waals surface area contributed by atoms with Crippen molar-refractivity contribution in [1.29, 1.82) is 0 Å². The third-order valence-corrected chi connectivity index (χ3v) is 4.75. The minimum atomic E-state index is -0.211. The average Bonchev–Trinajstić information content (AvgIpc) is 3.11. The van der Waals surface area contributed by atoms with Crippen LogP contribution in [0.1, 0.15) is 29.8 Å². The number of rotatable bonds is 5. The molecule has 1 aromatic heterocycles. The zero-order valence-corrected chi connectivity index (χ0v) is 17.6. The number of nitrogens with zero attached hydrogens (tertiary/aromatic N) is 3. The molecular formula is C23H21ClN4O2. The van der Waals surface area contributed by atoms with Crippen LogP contribution in [0.5, 0.6) is 5.75 Å². The number of nitrogens with one attached hydrogen (secondary N) is 1. The second kappa shape index (κ2) is 8.16. The van der Waals surface area contributed by atoms with Gasteiger partial charge in [0.15, 0.2) is 0 Å². The summed E-state index contributed by atoms with van der Waals surface area (Å²) < 4.78 is 5.68. The molecule has 0 atom stereocenters. The standard InChI is InChI=1S/C23H21ClN4O2/c1-14(2)30-19-6-4-5-16(12-19)23(29)25-20-13-22-21(11-15(20)3)26-28(27-22)18-9-7-17(24)8-10-18/h4-14H,1-3H3,(H,25,29). The maximum absolute atomic E-state index is 12.8. The molecule has 0 fully saturated rings. The number of benzene rings is 3. The van der Waals surface area contributed by atoms with Crippen LogP contribution in [-0.4, -0.2) is 27.0 Å². The summed E-state index contributed by atoms with van der Waals surface area (Å²) in [4.78, 5) is 14.3. The molecule has 1 N–H and O–H groups in total. The molecule has 0 saturated carbocycles. The maximum Gasteiger partial charge on any atom is 0.255 e. The Labute approximate surface area is 179 Å². The number of ether oxygens (including phenoxy) is 1. The molecule has 30 heavy (non-hydrogen) atoms. The molecule has 4 aromatic rings. The second-order valence-corrected chi connectivity index (χ2v) is 7.71. The SMILES string of the molecule is Cc1cc2nn(-c3ccc(Cl)cc3)nc2cc1NC(=O)c1cccc(OC(C)C)c1. The maximum atomic E-state index is 12.8. The molecule has 0 unspecified atom stereocenters. The minimum absolute atomic E-state index is 0.0382. The Bertz CT molecular complexity index is 1220. The number of anilines is 1. The first-order valence-corrected chi connectivity index (χ1v) is 9.98. The van der Waals surface area contributed by atoms with Crippen LogP contribution in [0.3, 0.4) is 0 Å². The van der Waals surface area contributed by atoms with E-state index < -0.39 is 0 Å². The number of fused-ring (bicyclic) bond motifs is 1. The molecule has 1 heterocycles. The van der Waals surface area contributed by atoms with Crippen LogP contribution in [0.4, 0.5) is 5.69 Å². The predicted molar refractivity (Wildman–Crippen MR) is 119 cm³/mol. The Kier molecular flexibility index (Phi) is 5.42. The highest BCUT2D eigenvalue weighted by molar-refractivity contribution is 6.30. The van der Waals surface area contributed by atoms with Crippen molar-refractivity contribution in [3.8, 4) is 11.4 Å². The molecule has 4 rings (SSSR count). The summed E-state index contributed by atoms with van der Waals surface area (Å²) >= 11 is 5.95. The molecule has 0 bridgehead atoms. The molecule has 0 aliphatic carbocycles. The molecule has 0 radical (unpaired) electrons. The Morgan fingerprint density at radius 1 is 1.03 bits per heavy atom. The third-order valence-electron chi connectivity index (χ3n) is 4.50. The largest absolute Gasteiger partial charge is 0.491 e. The molecule has 0 saturated heterocycles. The van der Waals surface area contributed by atoms with E-state index in [0.717, 1.165) is 16.8 Å². The highest BCUT2D eigenvalue weighted by Gasteiger charge is 2.13. The first-order valence-electron chi connectivity index (χ1n) is 9.61. The minimum Gasteiger partial charge on any atom is -0.491 e. The second-order valence-electron chi connectivity index (χ2n) is 7.27. The number of aryl methyl sites for hydroxylation is 1. The number of hydrogen-bond donors (Lipinski definition) is 1. The lowest BCUT2D eigenvalue weighted by molar-refractivity contribution is 0.102. The quantitative estimate of drug-likeness (QED) is 0.468. The summed E-state index contributed by atoms with van der Waals surface area (Å²) in [5.41, 5.74) is 4.34. The summed E-state index contributed by atoms with van der Waals surface area (Å²) in [6, 6.07) is 18.2.